The molecule has 0 radical (unpaired) electrons. The molecule has 1 saturated heterocycles. The maximum absolute atomic E-state index is 12.8. The Labute approximate surface area is 170 Å². The third kappa shape index (κ3) is 3.55. The van der Waals surface area contributed by atoms with Gasteiger partial charge >= 0.3 is 5.97 Å². The largest absolute Gasteiger partial charge is 0.468 e. The number of hydrogen-bond donors (Lipinski definition) is 1. The summed E-state index contributed by atoms with van der Waals surface area (Å²) in [7, 11) is 1.13. The smallest absolute Gasteiger partial charge is 0.319 e. The molecule has 4 atom stereocenters. The topological polar surface area (TPSA) is 98.5 Å². The van der Waals surface area contributed by atoms with E-state index in [4.69, 9.17) is 27.9 Å². The predicted molar refractivity (Wildman–Crippen MR) is 103 cm³/mol. The number of piperidine rings is 1. The third-order valence-electron chi connectivity index (χ3n) is 4.85. The number of carbonyl (C=O) groups is 2. The Bertz CT molecular complexity index is 936. The molecule has 1 amide bonds. The van der Waals surface area contributed by atoms with Gasteiger partial charge in [-0.25, -0.2) is 0 Å². The van der Waals surface area contributed by atoms with Crippen molar-refractivity contribution in [3.8, 4) is 0 Å². The predicted octanol–water partition coefficient (Wildman–Crippen LogP) is 3.38. The van der Waals surface area contributed by atoms with Crippen LogP contribution in [-0.4, -0.2) is 30.0 Å². The summed E-state index contributed by atoms with van der Waals surface area (Å²) in [5.74, 6) is -4.10. The normalized spacial score (nSPS) is 24.3. The lowest BCUT2D eigenvalue weighted by Crippen LogP contribution is -2.56. The minimum absolute atomic E-state index is 0.223. The number of methoxy groups -OCH3 is 1. The fourth-order valence-electron chi connectivity index (χ4n) is 3.63. The first-order valence-corrected chi connectivity index (χ1v) is 9.13. The Kier molecular flexibility index (Phi) is 5.86. The van der Waals surface area contributed by atoms with Gasteiger partial charge in [-0.1, -0.05) is 59.6 Å². The van der Waals surface area contributed by atoms with Crippen molar-refractivity contribution in [3.63, 3.8) is 0 Å². The summed E-state index contributed by atoms with van der Waals surface area (Å²) in [6.45, 7) is 0. The molecule has 0 aliphatic carbocycles. The van der Waals surface area contributed by atoms with Gasteiger partial charge in [0.2, 0.25) is 11.9 Å². The van der Waals surface area contributed by atoms with Gasteiger partial charge in [0.05, 0.1) is 13.0 Å². The maximum Gasteiger partial charge on any atom is 0.319 e. The van der Waals surface area contributed by atoms with Crippen molar-refractivity contribution >= 4 is 35.1 Å². The lowest BCUT2D eigenvalue weighted by Gasteiger charge is -2.37. The molecule has 2 aromatic carbocycles. The SMILES string of the molecule is COC(=O)C1C(=O)NC(c2ccccc2Cl)C([N+](=O)[O-])C1c1ccccc1Cl. The van der Waals surface area contributed by atoms with Gasteiger partial charge in [-0.2, -0.15) is 0 Å². The number of nitrogens with one attached hydrogen (secondary N) is 1. The van der Waals surface area contributed by atoms with Crippen LogP contribution in [0.1, 0.15) is 23.1 Å². The van der Waals surface area contributed by atoms with Crippen molar-refractivity contribution in [3.05, 3.63) is 79.8 Å². The summed E-state index contributed by atoms with van der Waals surface area (Å²) >= 11 is 12.5. The third-order valence-corrected chi connectivity index (χ3v) is 5.54. The second-order valence-electron chi connectivity index (χ2n) is 6.33. The van der Waals surface area contributed by atoms with E-state index in [1.807, 2.05) is 0 Å². The Hall–Kier alpha value is -2.64. The molecule has 0 saturated carbocycles. The molecule has 4 unspecified atom stereocenters. The van der Waals surface area contributed by atoms with Crippen molar-refractivity contribution in [2.75, 3.05) is 7.11 Å². The molecule has 9 heteroatoms. The number of esters is 1. The molecule has 1 aliphatic heterocycles. The molecule has 0 aromatic heterocycles. The Morgan fingerprint density at radius 3 is 2.11 bits per heavy atom. The van der Waals surface area contributed by atoms with Crippen molar-refractivity contribution < 1.29 is 19.2 Å². The monoisotopic (exact) mass is 422 g/mol. The van der Waals surface area contributed by atoms with Gasteiger partial charge in [0, 0.05) is 15.0 Å². The Balaban J connectivity index is 2.22. The van der Waals surface area contributed by atoms with E-state index in [1.54, 1.807) is 48.5 Å². The van der Waals surface area contributed by atoms with E-state index in [1.165, 1.54) is 0 Å². The van der Waals surface area contributed by atoms with Gasteiger partial charge in [0.1, 0.15) is 12.0 Å². The van der Waals surface area contributed by atoms with Crippen molar-refractivity contribution in [2.45, 2.75) is 18.0 Å². The van der Waals surface area contributed by atoms with Gasteiger partial charge < -0.3 is 10.1 Å². The van der Waals surface area contributed by atoms with E-state index in [2.05, 4.69) is 5.32 Å². The number of nitro groups is 1. The summed E-state index contributed by atoms with van der Waals surface area (Å²) in [5.41, 5.74) is 0.716. The van der Waals surface area contributed by atoms with Crippen LogP contribution in [0.15, 0.2) is 48.5 Å². The molecule has 1 N–H and O–H groups in total. The Morgan fingerprint density at radius 1 is 1.07 bits per heavy atom. The fraction of sp³-hybridized carbons (Fsp3) is 0.263. The summed E-state index contributed by atoms with van der Waals surface area (Å²) in [4.78, 5) is 36.8. The molecule has 28 heavy (non-hydrogen) atoms. The Morgan fingerprint density at radius 2 is 1.61 bits per heavy atom. The zero-order valence-electron chi connectivity index (χ0n) is 14.7. The van der Waals surface area contributed by atoms with E-state index >= 15 is 0 Å². The standard InChI is InChI=1S/C19H16Cl2N2O5/c1-28-19(25)15-14(10-6-2-4-8-12(10)20)17(23(26)27)16(22-18(15)24)11-7-3-5-9-13(11)21/h2-9,14-17H,1H3,(H,22,24). The molecule has 0 spiro atoms. The quantitative estimate of drug-likeness (QED) is 0.352. The average Bonchev–Trinajstić information content (AvgIpc) is 2.67. The van der Waals surface area contributed by atoms with Gasteiger partial charge in [0.15, 0.2) is 0 Å². The second-order valence-corrected chi connectivity index (χ2v) is 7.15. The van der Waals surface area contributed by atoms with Gasteiger partial charge in [-0.3, -0.25) is 19.7 Å². The van der Waals surface area contributed by atoms with Crippen molar-refractivity contribution in [1.82, 2.24) is 5.32 Å². The summed E-state index contributed by atoms with van der Waals surface area (Å²) in [6.07, 6.45) is 0. The number of rotatable bonds is 4. The van der Waals surface area contributed by atoms with Crippen molar-refractivity contribution in [2.24, 2.45) is 5.92 Å². The number of benzene rings is 2. The van der Waals surface area contributed by atoms with Crippen molar-refractivity contribution in [1.29, 1.82) is 0 Å². The van der Waals surface area contributed by atoms with Crippen LogP contribution in [-0.2, 0) is 14.3 Å². The first kappa shape index (κ1) is 20.1. The number of halogens is 2. The lowest BCUT2D eigenvalue weighted by molar-refractivity contribution is -0.534. The second kappa shape index (κ2) is 8.16. The van der Waals surface area contributed by atoms with E-state index < -0.39 is 40.7 Å². The minimum Gasteiger partial charge on any atom is -0.468 e. The highest BCUT2D eigenvalue weighted by atomic mass is 35.5. The molecule has 0 bridgehead atoms. The first-order chi connectivity index (χ1) is 13.4. The highest BCUT2D eigenvalue weighted by Crippen LogP contribution is 2.44. The maximum atomic E-state index is 12.8. The lowest BCUT2D eigenvalue weighted by atomic mass is 9.73. The molecular weight excluding hydrogens is 407 g/mol. The highest BCUT2D eigenvalue weighted by molar-refractivity contribution is 6.32. The summed E-state index contributed by atoms with van der Waals surface area (Å²) in [5, 5.41) is 15.2. The summed E-state index contributed by atoms with van der Waals surface area (Å²) in [6, 6.07) is 10.5. The van der Waals surface area contributed by atoms with Crippen LogP contribution >= 0.6 is 23.2 Å². The van der Waals surface area contributed by atoms with Crippen LogP contribution in [0.25, 0.3) is 0 Å². The molecule has 1 heterocycles. The van der Waals surface area contributed by atoms with Gasteiger partial charge in [-0.05, 0) is 23.3 Å². The van der Waals surface area contributed by atoms with E-state index in [-0.39, 0.29) is 10.0 Å². The molecule has 1 aliphatic rings. The van der Waals surface area contributed by atoms with E-state index in [0.717, 1.165) is 7.11 Å². The molecule has 3 rings (SSSR count). The number of nitrogens with zero attached hydrogens (tertiary/aromatic N) is 1. The highest BCUT2D eigenvalue weighted by Gasteiger charge is 2.56. The number of ether oxygens (including phenoxy) is 1. The van der Waals surface area contributed by atoms with Gasteiger partial charge in [0.25, 0.3) is 0 Å². The number of amides is 1. The number of carbonyl (C=O) groups excluding carboxylic acids is 2. The van der Waals surface area contributed by atoms with Crippen LogP contribution < -0.4 is 5.32 Å². The molecule has 146 valence electrons. The zero-order valence-corrected chi connectivity index (χ0v) is 16.2. The molecule has 2 aromatic rings. The van der Waals surface area contributed by atoms with E-state index in [0.29, 0.717) is 11.1 Å². The van der Waals surface area contributed by atoms with Crippen LogP contribution in [0.2, 0.25) is 10.0 Å². The minimum atomic E-state index is -1.42. The number of hydrogen-bond acceptors (Lipinski definition) is 5. The van der Waals surface area contributed by atoms with Crippen LogP contribution in [0.5, 0.6) is 0 Å². The van der Waals surface area contributed by atoms with Crippen LogP contribution in [0, 0.1) is 16.0 Å². The van der Waals surface area contributed by atoms with Crippen LogP contribution in [0.4, 0.5) is 0 Å². The summed E-state index contributed by atoms with van der Waals surface area (Å²) < 4.78 is 4.75. The average molecular weight is 423 g/mol. The molecule has 7 nitrogen and oxygen atoms in total. The zero-order chi connectivity index (χ0) is 20.4. The van der Waals surface area contributed by atoms with E-state index in [9.17, 15) is 19.7 Å². The van der Waals surface area contributed by atoms with Gasteiger partial charge in [-0.15, -0.1) is 0 Å². The molecule has 1 fully saturated rings. The molecular formula is C19H16Cl2N2O5. The fourth-order valence-corrected chi connectivity index (χ4v) is 4.14. The van der Waals surface area contributed by atoms with Crippen LogP contribution in [0.3, 0.4) is 0 Å². The first-order valence-electron chi connectivity index (χ1n) is 8.37.